The zero-order valence-corrected chi connectivity index (χ0v) is 16.3. The maximum Gasteiger partial charge on any atom is 0.143 e. The summed E-state index contributed by atoms with van der Waals surface area (Å²) < 4.78 is 1.96. The maximum atomic E-state index is 4.73. The van der Waals surface area contributed by atoms with Gasteiger partial charge < -0.3 is 10.2 Å². The van der Waals surface area contributed by atoms with Gasteiger partial charge in [-0.15, -0.1) is 11.3 Å². The number of anilines is 1. The van der Waals surface area contributed by atoms with Crippen molar-refractivity contribution in [3.05, 3.63) is 29.4 Å². The molecule has 1 aliphatic rings. The largest absolute Gasteiger partial charge is 0.356 e. The topological polar surface area (TPSA) is 71.8 Å². The highest BCUT2D eigenvalue weighted by Crippen LogP contribution is 2.29. The summed E-state index contributed by atoms with van der Waals surface area (Å²) in [4.78, 5) is 17.2. The highest BCUT2D eigenvalue weighted by molar-refractivity contribution is 7.16. The van der Waals surface area contributed by atoms with Crippen LogP contribution < -0.4 is 10.2 Å². The molecule has 0 spiro atoms. The van der Waals surface area contributed by atoms with Gasteiger partial charge >= 0.3 is 0 Å². The highest BCUT2D eigenvalue weighted by Gasteiger charge is 2.24. The van der Waals surface area contributed by atoms with E-state index in [0.717, 1.165) is 54.8 Å². The second kappa shape index (κ2) is 7.28. The molecule has 3 aromatic rings. The fourth-order valence-corrected chi connectivity index (χ4v) is 4.53. The number of piperidine rings is 1. The first kappa shape index (κ1) is 17.4. The summed E-state index contributed by atoms with van der Waals surface area (Å²) in [5, 5.41) is 11.3. The molecule has 0 amide bonds. The van der Waals surface area contributed by atoms with Gasteiger partial charge in [0.2, 0.25) is 0 Å². The standard InChI is InChI=1S/C18H25N7S/c1-4-25-16(19-11-20-25)12(2)21-14-5-8-24(9-6-14)17-15-7-10-26-18(15)23-13(3)22-17/h7,10-12,14,21H,4-6,8-9H2,1-3H3/t12-/m1/s1. The van der Waals surface area contributed by atoms with Gasteiger partial charge in [-0.3, -0.25) is 0 Å². The first-order valence-corrected chi connectivity index (χ1v) is 10.1. The van der Waals surface area contributed by atoms with E-state index in [4.69, 9.17) is 4.98 Å². The van der Waals surface area contributed by atoms with Crippen LogP contribution in [0.5, 0.6) is 0 Å². The predicted octanol–water partition coefficient (Wildman–Crippen LogP) is 2.93. The van der Waals surface area contributed by atoms with Crippen LogP contribution in [-0.2, 0) is 6.54 Å². The van der Waals surface area contributed by atoms with Crippen LogP contribution in [0.15, 0.2) is 17.8 Å². The maximum absolute atomic E-state index is 4.73. The summed E-state index contributed by atoms with van der Waals surface area (Å²) in [7, 11) is 0. The van der Waals surface area contributed by atoms with Crippen LogP contribution in [0, 0.1) is 6.92 Å². The van der Waals surface area contributed by atoms with Gasteiger partial charge in [-0.1, -0.05) is 0 Å². The first-order chi connectivity index (χ1) is 12.7. The summed E-state index contributed by atoms with van der Waals surface area (Å²) in [6.07, 6.45) is 3.84. The summed E-state index contributed by atoms with van der Waals surface area (Å²) in [6, 6.07) is 2.83. The zero-order valence-electron chi connectivity index (χ0n) is 15.5. The number of fused-ring (bicyclic) bond motifs is 1. The van der Waals surface area contributed by atoms with E-state index in [1.807, 2.05) is 11.6 Å². The van der Waals surface area contributed by atoms with Crippen LogP contribution in [0.3, 0.4) is 0 Å². The van der Waals surface area contributed by atoms with Crippen molar-refractivity contribution < 1.29 is 0 Å². The molecule has 0 unspecified atom stereocenters. The van der Waals surface area contributed by atoms with E-state index in [1.165, 1.54) is 5.39 Å². The molecule has 1 saturated heterocycles. The average molecular weight is 372 g/mol. The number of nitrogens with zero attached hydrogens (tertiary/aromatic N) is 6. The van der Waals surface area contributed by atoms with Crippen molar-refractivity contribution >= 4 is 27.4 Å². The van der Waals surface area contributed by atoms with Gasteiger partial charge in [-0.2, -0.15) is 5.10 Å². The fourth-order valence-electron chi connectivity index (χ4n) is 3.72. The van der Waals surface area contributed by atoms with E-state index in [1.54, 1.807) is 17.7 Å². The molecule has 0 aromatic carbocycles. The number of rotatable bonds is 5. The average Bonchev–Trinajstić information content (AvgIpc) is 3.30. The molecule has 8 heteroatoms. The number of aromatic nitrogens is 5. The Bertz CT molecular complexity index is 879. The molecule has 1 fully saturated rings. The lowest BCUT2D eigenvalue weighted by molar-refractivity contribution is 0.365. The molecule has 138 valence electrons. The summed E-state index contributed by atoms with van der Waals surface area (Å²) >= 11 is 1.69. The second-order valence-electron chi connectivity index (χ2n) is 6.82. The molecule has 1 N–H and O–H groups in total. The Hall–Kier alpha value is -2.06. The van der Waals surface area contributed by atoms with Crippen molar-refractivity contribution in [2.45, 2.75) is 52.2 Å². The molecule has 1 atom stereocenters. The summed E-state index contributed by atoms with van der Waals surface area (Å²) in [5.74, 6) is 2.95. The van der Waals surface area contributed by atoms with Crippen LogP contribution in [0.25, 0.3) is 10.2 Å². The third-order valence-corrected chi connectivity index (χ3v) is 5.84. The van der Waals surface area contributed by atoms with Gasteiger partial charge in [0, 0.05) is 25.7 Å². The Morgan fingerprint density at radius 1 is 1.31 bits per heavy atom. The predicted molar refractivity (Wildman–Crippen MR) is 105 cm³/mol. The fraction of sp³-hybridized carbons (Fsp3) is 0.556. The Kier molecular flexibility index (Phi) is 4.86. The zero-order chi connectivity index (χ0) is 18.1. The number of hydrogen-bond acceptors (Lipinski definition) is 7. The summed E-state index contributed by atoms with van der Waals surface area (Å²) in [6.45, 7) is 9.11. The lowest BCUT2D eigenvalue weighted by Gasteiger charge is -2.34. The molecule has 4 rings (SSSR count). The Balaban J connectivity index is 1.42. The highest BCUT2D eigenvalue weighted by atomic mass is 32.1. The van der Waals surface area contributed by atoms with Crippen LogP contribution in [-0.4, -0.2) is 43.9 Å². The molecule has 0 radical (unpaired) electrons. The van der Waals surface area contributed by atoms with Gasteiger partial charge in [-0.25, -0.2) is 19.6 Å². The molecular formula is C18H25N7S. The van der Waals surface area contributed by atoms with Crippen molar-refractivity contribution in [2.75, 3.05) is 18.0 Å². The molecule has 4 heterocycles. The quantitative estimate of drug-likeness (QED) is 0.743. The van der Waals surface area contributed by atoms with Gasteiger partial charge in [0.05, 0.1) is 11.4 Å². The van der Waals surface area contributed by atoms with Crippen molar-refractivity contribution in [2.24, 2.45) is 0 Å². The minimum Gasteiger partial charge on any atom is -0.356 e. The number of thiophene rings is 1. The van der Waals surface area contributed by atoms with Gasteiger partial charge in [0.25, 0.3) is 0 Å². The van der Waals surface area contributed by atoms with E-state index < -0.39 is 0 Å². The second-order valence-corrected chi connectivity index (χ2v) is 7.71. The van der Waals surface area contributed by atoms with Crippen LogP contribution >= 0.6 is 11.3 Å². The minimum absolute atomic E-state index is 0.207. The SMILES string of the molecule is CCn1ncnc1[C@@H](C)NC1CCN(c2nc(C)nc3sccc23)CC1. The smallest absolute Gasteiger partial charge is 0.143 e. The Morgan fingerprint density at radius 3 is 2.88 bits per heavy atom. The van der Waals surface area contributed by atoms with E-state index in [2.05, 4.69) is 50.6 Å². The van der Waals surface area contributed by atoms with Crippen LogP contribution in [0.2, 0.25) is 0 Å². The molecular weight excluding hydrogens is 346 g/mol. The number of nitrogens with one attached hydrogen (secondary N) is 1. The number of aryl methyl sites for hydroxylation is 2. The molecule has 0 bridgehead atoms. The van der Waals surface area contributed by atoms with Crippen molar-refractivity contribution in [1.29, 1.82) is 0 Å². The van der Waals surface area contributed by atoms with Crippen LogP contribution in [0.1, 0.15) is 44.4 Å². The normalized spacial score (nSPS) is 17.1. The van der Waals surface area contributed by atoms with Crippen molar-refractivity contribution in [1.82, 2.24) is 30.0 Å². The van der Waals surface area contributed by atoms with Crippen LogP contribution in [0.4, 0.5) is 5.82 Å². The van der Waals surface area contributed by atoms with Crippen molar-refractivity contribution in [3.8, 4) is 0 Å². The van der Waals surface area contributed by atoms with E-state index in [9.17, 15) is 0 Å². The lowest BCUT2D eigenvalue weighted by Crippen LogP contribution is -2.44. The minimum atomic E-state index is 0.207. The van der Waals surface area contributed by atoms with E-state index in [-0.39, 0.29) is 6.04 Å². The molecule has 3 aromatic heterocycles. The van der Waals surface area contributed by atoms with Gasteiger partial charge in [-0.05, 0) is 45.1 Å². The van der Waals surface area contributed by atoms with Crippen molar-refractivity contribution in [3.63, 3.8) is 0 Å². The van der Waals surface area contributed by atoms with Gasteiger partial charge in [0.15, 0.2) is 0 Å². The third kappa shape index (κ3) is 3.31. The van der Waals surface area contributed by atoms with Gasteiger partial charge in [0.1, 0.15) is 28.6 Å². The van der Waals surface area contributed by atoms with E-state index in [0.29, 0.717) is 6.04 Å². The first-order valence-electron chi connectivity index (χ1n) is 9.26. The Labute approximate surface area is 157 Å². The molecule has 7 nitrogen and oxygen atoms in total. The van der Waals surface area contributed by atoms with E-state index >= 15 is 0 Å². The Morgan fingerprint density at radius 2 is 2.12 bits per heavy atom. The monoisotopic (exact) mass is 371 g/mol. The molecule has 0 aliphatic carbocycles. The third-order valence-electron chi connectivity index (χ3n) is 5.03. The molecule has 0 saturated carbocycles. The lowest BCUT2D eigenvalue weighted by atomic mass is 10.0. The summed E-state index contributed by atoms with van der Waals surface area (Å²) in [5.41, 5.74) is 0. The molecule has 26 heavy (non-hydrogen) atoms. The number of hydrogen-bond donors (Lipinski definition) is 1. The molecule has 1 aliphatic heterocycles.